The van der Waals surface area contributed by atoms with Gasteiger partial charge in [-0.15, -0.1) is 35.6 Å². The Labute approximate surface area is 200 Å². The molecular formula is C19H24N4O2S2Y-2. The average Bonchev–Trinajstić information content (AvgIpc) is 3.02. The third-order valence-corrected chi connectivity index (χ3v) is 6.62. The van der Waals surface area contributed by atoms with E-state index in [2.05, 4.69) is 12.3 Å². The van der Waals surface area contributed by atoms with Crippen LogP contribution < -0.4 is 14.8 Å². The van der Waals surface area contributed by atoms with E-state index >= 15 is 0 Å². The average molecular weight is 493 g/mol. The molecule has 0 bridgehead atoms. The molecule has 0 aromatic carbocycles. The summed E-state index contributed by atoms with van der Waals surface area (Å²) in [4.78, 5) is 30.3. The number of carbonyl (C=O) groups is 1. The molecule has 1 aromatic rings. The zero-order chi connectivity index (χ0) is 20.6. The molecule has 1 aromatic heterocycles. The molecule has 9 heteroatoms. The summed E-state index contributed by atoms with van der Waals surface area (Å²) in [5.41, 5.74) is 2.90. The molecule has 1 radical (unpaired) electrons. The SMILES string of the molecule is C[C-]=C(C)N(C)[C-]=C(C)C(C)=c1s/c(=C2/C(=O)N(C)C(=S)N2C)n(C)c1=O.[Y]. The molecule has 1 aliphatic rings. The molecule has 0 saturated carbocycles. The third-order valence-electron chi connectivity index (χ3n) is 4.72. The normalized spacial score (nSPS) is 18.6. The van der Waals surface area contributed by atoms with Gasteiger partial charge in [0.15, 0.2) is 5.11 Å². The van der Waals surface area contributed by atoms with Crippen LogP contribution in [0.2, 0.25) is 0 Å². The Morgan fingerprint density at radius 1 is 1.11 bits per heavy atom. The molecule has 0 aliphatic carbocycles. The van der Waals surface area contributed by atoms with Crippen molar-refractivity contribution < 1.29 is 37.5 Å². The van der Waals surface area contributed by atoms with Gasteiger partial charge in [-0.2, -0.15) is 0 Å². The molecule has 1 saturated heterocycles. The largest absolute Gasteiger partial charge is 0.551 e. The van der Waals surface area contributed by atoms with Crippen LogP contribution >= 0.6 is 23.6 Å². The fourth-order valence-corrected chi connectivity index (χ4v) is 4.04. The Morgan fingerprint density at radius 2 is 1.68 bits per heavy atom. The monoisotopic (exact) mass is 493 g/mol. The van der Waals surface area contributed by atoms with Crippen molar-refractivity contribution in [1.82, 2.24) is 19.3 Å². The fraction of sp³-hybridized carbons (Fsp3) is 0.421. The molecule has 28 heavy (non-hydrogen) atoms. The first-order valence-corrected chi connectivity index (χ1v) is 9.57. The molecule has 1 amide bonds. The summed E-state index contributed by atoms with van der Waals surface area (Å²) in [5, 5.41) is 0.419. The second-order valence-electron chi connectivity index (χ2n) is 6.41. The number of thiocarbonyl (C=S) groups is 1. The van der Waals surface area contributed by atoms with E-state index in [1.807, 2.05) is 39.6 Å². The van der Waals surface area contributed by atoms with Gasteiger partial charge in [0.2, 0.25) is 0 Å². The van der Waals surface area contributed by atoms with Gasteiger partial charge in [-0.05, 0) is 19.3 Å². The summed E-state index contributed by atoms with van der Waals surface area (Å²) in [6.45, 7) is 7.59. The van der Waals surface area contributed by atoms with Gasteiger partial charge in [-0.3, -0.25) is 20.2 Å². The number of aromatic nitrogens is 1. The van der Waals surface area contributed by atoms with Gasteiger partial charge >= 0.3 is 0 Å². The molecule has 0 spiro atoms. The van der Waals surface area contributed by atoms with E-state index in [0.29, 0.717) is 20.0 Å². The molecule has 2 rings (SSSR count). The number of carbonyl (C=O) groups excluding carboxylic acids is 1. The molecule has 2 heterocycles. The van der Waals surface area contributed by atoms with Crippen LogP contribution in [0.4, 0.5) is 0 Å². The van der Waals surface area contributed by atoms with Gasteiger partial charge in [-0.25, -0.2) is 6.92 Å². The Kier molecular flexibility index (Phi) is 8.56. The van der Waals surface area contributed by atoms with Crippen LogP contribution in [-0.4, -0.2) is 51.4 Å². The summed E-state index contributed by atoms with van der Waals surface area (Å²) >= 11 is 6.57. The van der Waals surface area contributed by atoms with Crippen LogP contribution in [-0.2, 0) is 44.6 Å². The van der Waals surface area contributed by atoms with E-state index in [9.17, 15) is 9.59 Å². The van der Waals surface area contributed by atoms with Crippen LogP contribution in [0.25, 0.3) is 11.3 Å². The smallest absolute Gasteiger partial charge is 0.279 e. The number of nitrogens with zero attached hydrogens (tertiary/aromatic N) is 4. The maximum absolute atomic E-state index is 12.8. The van der Waals surface area contributed by atoms with Crippen LogP contribution in [0.1, 0.15) is 27.7 Å². The summed E-state index contributed by atoms with van der Waals surface area (Å²) in [6.07, 6.45) is 6.30. The predicted octanol–water partition coefficient (Wildman–Crippen LogP) is 0.777. The summed E-state index contributed by atoms with van der Waals surface area (Å²) in [7, 11) is 6.94. The van der Waals surface area contributed by atoms with Gasteiger partial charge in [-0.1, -0.05) is 13.8 Å². The molecule has 1 aliphatic heterocycles. The molecule has 6 nitrogen and oxygen atoms in total. The van der Waals surface area contributed by atoms with E-state index in [-0.39, 0.29) is 44.2 Å². The first-order chi connectivity index (χ1) is 12.5. The summed E-state index contributed by atoms with van der Waals surface area (Å²) < 4.78 is 2.69. The summed E-state index contributed by atoms with van der Waals surface area (Å²) in [6, 6.07) is 0. The minimum absolute atomic E-state index is 0. The van der Waals surface area contributed by atoms with Crippen molar-refractivity contribution in [3.8, 4) is 0 Å². The standard InChI is InChI=1S/C19H24N4O2S2.Y/c1-9-12(3)20(5)10-11(2)13(4)15-17(25)22(7)18(27-15)14-16(24)23(8)19(26)21(14)6;/h1-8H3;/q-2;/b15-13?,18-14-;. The van der Waals surface area contributed by atoms with Gasteiger partial charge in [0.25, 0.3) is 11.5 Å². The number of allylic oxidation sites excluding steroid dienone is 3. The van der Waals surface area contributed by atoms with Crippen LogP contribution in [0.15, 0.2) is 16.1 Å². The Bertz CT molecular complexity index is 1050. The van der Waals surface area contributed by atoms with Gasteiger partial charge in [0.1, 0.15) is 10.4 Å². The van der Waals surface area contributed by atoms with Crippen molar-refractivity contribution in [3.63, 3.8) is 0 Å². The van der Waals surface area contributed by atoms with Crippen LogP contribution in [0.3, 0.4) is 0 Å². The quantitative estimate of drug-likeness (QED) is 0.354. The van der Waals surface area contributed by atoms with Crippen molar-refractivity contribution in [3.05, 3.63) is 43.1 Å². The number of thiazole rings is 1. The van der Waals surface area contributed by atoms with Gasteiger partial charge in [0.05, 0.1) is 0 Å². The van der Waals surface area contributed by atoms with E-state index < -0.39 is 0 Å². The zero-order valence-corrected chi connectivity index (χ0v) is 22.0. The van der Waals surface area contributed by atoms with Gasteiger partial charge in [0, 0.05) is 58.4 Å². The maximum atomic E-state index is 12.8. The van der Waals surface area contributed by atoms with Gasteiger partial charge < -0.3 is 20.4 Å². The molecular weight excluding hydrogens is 469 g/mol. The molecule has 1 fully saturated rings. The van der Waals surface area contributed by atoms with Crippen molar-refractivity contribution in [2.75, 3.05) is 21.1 Å². The number of hydrogen-bond donors (Lipinski definition) is 0. The zero-order valence-electron chi connectivity index (χ0n) is 17.5. The topological polar surface area (TPSA) is 48.8 Å². The van der Waals surface area contributed by atoms with Crippen LogP contribution in [0.5, 0.6) is 0 Å². The van der Waals surface area contributed by atoms with E-state index in [0.717, 1.165) is 16.8 Å². The van der Waals surface area contributed by atoms with Crippen molar-refractivity contribution >= 4 is 45.8 Å². The van der Waals surface area contributed by atoms with E-state index in [1.165, 1.54) is 20.8 Å². The first kappa shape index (κ1) is 25.0. The Hall–Kier alpha value is -1.09. The Morgan fingerprint density at radius 3 is 2.14 bits per heavy atom. The maximum Gasteiger partial charge on any atom is 0.279 e. The molecule has 149 valence electrons. The second-order valence-corrected chi connectivity index (χ2v) is 7.78. The number of amides is 1. The number of rotatable bonds is 3. The minimum atomic E-state index is -0.207. The van der Waals surface area contributed by atoms with Crippen molar-refractivity contribution in [1.29, 1.82) is 0 Å². The van der Waals surface area contributed by atoms with Crippen molar-refractivity contribution in [2.45, 2.75) is 27.7 Å². The fourth-order valence-electron chi connectivity index (χ4n) is 2.60. The minimum Gasteiger partial charge on any atom is -0.551 e. The van der Waals surface area contributed by atoms with Crippen molar-refractivity contribution in [2.24, 2.45) is 7.05 Å². The first-order valence-electron chi connectivity index (χ1n) is 8.35. The van der Waals surface area contributed by atoms with E-state index in [1.54, 1.807) is 26.0 Å². The number of hydrogen-bond acceptors (Lipinski definition) is 5. The second kappa shape index (κ2) is 9.61. The number of likely N-dealkylation sites (N-methyl/N-ethyl adjacent to an activating group) is 2. The third kappa shape index (κ3) is 4.40. The molecule has 0 atom stereocenters. The molecule has 0 unspecified atom stereocenters. The Balaban J connectivity index is 0.00000392. The summed E-state index contributed by atoms with van der Waals surface area (Å²) in [5.74, 6) is -0.207. The predicted molar refractivity (Wildman–Crippen MR) is 113 cm³/mol. The molecule has 0 N–H and O–H groups in total. The van der Waals surface area contributed by atoms with Crippen LogP contribution in [0, 0.1) is 12.3 Å². The van der Waals surface area contributed by atoms with E-state index in [4.69, 9.17) is 12.2 Å².